The first kappa shape index (κ1) is 15.5. The minimum atomic E-state index is -3.70. The van der Waals surface area contributed by atoms with E-state index >= 15 is 0 Å². The lowest BCUT2D eigenvalue weighted by Crippen LogP contribution is -2.38. The van der Waals surface area contributed by atoms with Gasteiger partial charge in [-0.3, -0.25) is 0 Å². The summed E-state index contributed by atoms with van der Waals surface area (Å²) in [5.41, 5.74) is 5.98. The maximum absolute atomic E-state index is 12.3. The highest BCUT2D eigenvalue weighted by molar-refractivity contribution is 7.89. The molecule has 0 aliphatic rings. The molecule has 0 amide bonds. The van der Waals surface area contributed by atoms with Crippen LogP contribution in [0.3, 0.4) is 0 Å². The third-order valence-corrected chi connectivity index (χ3v) is 4.51. The van der Waals surface area contributed by atoms with Gasteiger partial charge < -0.3 is 5.73 Å². The van der Waals surface area contributed by atoms with Crippen LogP contribution in [0.1, 0.15) is 32.8 Å². The van der Waals surface area contributed by atoms with Gasteiger partial charge in [-0.05, 0) is 30.5 Å². The van der Waals surface area contributed by atoms with Crippen LogP contribution in [0.25, 0.3) is 0 Å². The molecule has 0 heterocycles. The van der Waals surface area contributed by atoms with E-state index in [1.165, 1.54) is 18.2 Å². The van der Waals surface area contributed by atoms with Crippen molar-refractivity contribution in [2.75, 3.05) is 5.73 Å². The molecule has 1 aromatic carbocycles. The second-order valence-electron chi connectivity index (χ2n) is 4.75. The molecule has 1 aromatic rings. The fourth-order valence-corrected chi connectivity index (χ4v) is 3.43. The smallest absolute Gasteiger partial charge is 0.242 e. The Kier molecular flexibility index (Phi) is 4.92. The number of rotatable bonds is 5. The van der Waals surface area contributed by atoms with Gasteiger partial charge >= 0.3 is 0 Å². The lowest BCUT2D eigenvalue weighted by atomic mass is 10.0. The first-order valence-electron chi connectivity index (χ1n) is 6.13. The second kappa shape index (κ2) is 6.04. The number of sulfonamides is 1. The molecule has 1 atom stereocenters. The summed E-state index contributed by atoms with van der Waals surface area (Å²) >= 11 is 0. The predicted octanol–water partition coefficient (Wildman–Crippen LogP) is 1.85. The Hall–Kier alpha value is -1.58. The van der Waals surface area contributed by atoms with Crippen LogP contribution in [0.4, 0.5) is 5.69 Å². The average molecular weight is 281 g/mol. The van der Waals surface area contributed by atoms with Crippen molar-refractivity contribution >= 4 is 15.7 Å². The molecule has 0 aliphatic carbocycles. The van der Waals surface area contributed by atoms with Crippen LogP contribution < -0.4 is 10.5 Å². The number of hydrogen-bond acceptors (Lipinski definition) is 4. The molecule has 1 rings (SSSR count). The normalized spacial score (nSPS) is 13.2. The Balaban J connectivity index is 3.18. The minimum absolute atomic E-state index is 0.0247. The Labute approximate surface area is 114 Å². The predicted molar refractivity (Wildman–Crippen MR) is 74.8 cm³/mol. The standard InChI is InChI=1S/C13H19N3O2S/c1-4-12(9(2)3)16-19(17,18)13-6-5-11(15)7-10(13)8-14/h5-7,9,12,16H,4,15H2,1-3H3. The van der Waals surface area contributed by atoms with E-state index in [-0.39, 0.29) is 22.4 Å². The Morgan fingerprint density at radius 2 is 2.05 bits per heavy atom. The summed E-state index contributed by atoms with van der Waals surface area (Å²) in [6.45, 7) is 5.82. The molecule has 0 radical (unpaired) electrons. The SMILES string of the molecule is CCC(NS(=O)(=O)c1ccc(N)cc1C#N)C(C)C. The van der Waals surface area contributed by atoms with Gasteiger partial charge in [0.15, 0.2) is 0 Å². The van der Waals surface area contributed by atoms with E-state index in [1.54, 1.807) is 0 Å². The van der Waals surface area contributed by atoms with Gasteiger partial charge in [0.2, 0.25) is 10.0 Å². The van der Waals surface area contributed by atoms with E-state index in [9.17, 15) is 8.42 Å². The van der Waals surface area contributed by atoms with Crippen molar-refractivity contribution in [2.24, 2.45) is 5.92 Å². The van der Waals surface area contributed by atoms with Crippen molar-refractivity contribution in [2.45, 2.75) is 38.1 Å². The molecule has 0 saturated heterocycles. The van der Waals surface area contributed by atoms with Crippen molar-refractivity contribution in [1.29, 1.82) is 5.26 Å². The van der Waals surface area contributed by atoms with Gasteiger partial charge in [0.05, 0.1) is 10.5 Å². The summed E-state index contributed by atoms with van der Waals surface area (Å²) in [6.07, 6.45) is 0.688. The van der Waals surface area contributed by atoms with Crippen LogP contribution in [0.2, 0.25) is 0 Å². The molecule has 19 heavy (non-hydrogen) atoms. The molecule has 0 spiro atoms. The number of nitrogen functional groups attached to an aromatic ring is 1. The molecule has 3 N–H and O–H groups in total. The van der Waals surface area contributed by atoms with E-state index in [0.717, 1.165) is 0 Å². The van der Waals surface area contributed by atoms with Crippen LogP contribution in [0.15, 0.2) is 23.1 Å². The maximum atomic E-state index is 12.3. The van der Waals surface area contributed by atoms with Crippen molar-refractivity contribution in [3.05, 3.63) is 23.8 Å². The zero-order chi connectivity index (χ0) is 14.6. The zero-order valence-corrected chi connectivity index (χ0v) is 12.2. The van der Waals surface area contributed by atoms with Gasteiger partial charge in [-0.2, -0.15) is 5.26 Å². The van der Waals surface area contributed by atoms with Crippen LogP contribution in [-0.4, -0.2) is 14.5 Å². The number of anilines is 1. The van der Waals surface area contributed by atoms with Crippen LogP contribution in [0.5, 0.6) is 0 Å². The molecule has 0 aromatic heterocycles. The molecule has 5 nitrogen and oxygen atoms in total. The Morgan fingerprint density at radius 1 is 1.42 bits per heavy atom. The zero-order valence-electron chi connectivity index (χ0n) is 11.3. The van der Waals surface area contributed by atoms with Crippen molar-refractivity contribution in [3.8, 4) is 6.07 Å². The number of nitrogens with two attached hydrogens (primary N) is 1. The molecular formula is C13H19N3O2S. The highest BCUT2D eigenvalue weighted by Crippen LogP contribution is 2.19. The first-order chi connectivity index (χ1) is 8.81. The fourth-order valence-electron chi connectivity index (χ4n) is 1.82. The number of nitriles is 1. The quantitative estimate of drug-likeness (QED) is 0.805. The van der Waals surface area contributed by atoms with Crippen LogP contribution in [-0.2, 0) is 10.0 Å². The third kappa shape index (κ3) is 3.69. The summed E-state index contributed by atoms with van der Waals surface area (Å²) in [4.78, 5) is -0.0247. The molecule has 0 bridgehead atoms. The lowest BCUT2D eigenvalue weighted by Gasteiger charge is -2.21. The van der Waals surface area contributed by atoms with E-state index in [1.807, 2.05) is 26.8 Å². The number of nitrogens with zero attached hydrogens (tertiary/aromatic N) is 1. The van der Waals surface area contributed by atoms with E-state index in [4.69, 9.17) is 11.0 Å². The maximum Gasteiger partial charge on any atom is 0.242 e. The van der Waals surface area contributed by atoms with E-state index in [0.29, 0.717) is 12.1 Å². The second-order valence-corrected chi connectivity index (χ2v) is 6.43. The summed E-state index contributed by atoms with van der Waals surface area (Å²) in [7, 11) is -3.70. The van der Waals surface area contributed by atoms with Gasteiger partial charge in [0, 0.05) is 11.7 Å². The molecule has 1 unspecified atom stereocenters. The molecule has 0 saturated carbocycles. The van der Waals surface area contributed by atoms with E-state index in [2.05, 4.69) is 4.72 Å². The van der Waals surface area contributed by atoms with Gasteiger partial charge in [-0.15, -0.1) is 0 Å². The van der Waals surface area contributed by atoms with Crippen LogP contribution in [0, 0.1) is 17.2 Å². The van der Waals surface area contributed by atoms with Gasteiger partial charge in [-0.25, -0.2) is 13.1 Å². The minimum Gasteiger partial charge on any atom is -0.399 e. The summed E-state index contributed by atoms with van der Waals surface area (Å²) in [5.74, 6) is 0.180. The van der Waals surface area contributed by atoms with Crippen LogP contribution >= 0.6 is 0 Å². The Bertz CT molecular complexity index is 588. The van der Waals surface area contributed by atoms with Crippen molar-refractivity contribution in [3.63, 3.8) is 0 Å². The molecule has 6 heteroatoms. The topological polar surface area (TPSA) is 96.0 Å². The molecule has 0 aliphatic heterocycles. The summed E-state index contributed by atoms with van der Waals surface area (Å²) < 4.78 is 27.2. The van der Waals surface area contributed by atoms with Crippen molar-refractivity contribution in [1.82, 2.24) is 4.72 Å². The molecule has 0 fully saturated rings. The molecule has 104 valence electrons. The van der Waals surface area contributed by atoms with Gasteiger partial charge in [0.1, 0.15) is 6.07 Å². The highest BCUT2D eigenvalue weighted by Gasteiger charge is 2.23. The summed E-state index contributed by atoms with van der Waals surface area (Å²) in [6, 6.07) is 5.91. The van der Waals surface area contributed by atoms with Gasteiger partial charge in [-0.1, -0.05) is 20.8 Å². The third-order valence-electron chi connectivity index (χ3n) is 2.96. The first-order valence-corrected chi connectivity index (χ1v) is 7.62. The average Bonchev–Trinajstić information content (AvgIpc) is 2.35. The van der Waals surface area contributed by atoms with Crippen molar-refractivity contribution < 1.29 is 8.42 Å². The lowest BCUT2D eigenvalue weighted by molar-refractivity contribution is 0.437. The largest absolute Gasteiger partial charge is 0.399 e. The Morgan fingerprint density at radius 3 is 2.53 bits per heavy atom. The fraction of sp³-hybridized carbons (Fsp3) is 0.462. The summed E-state index contributed by atoms with van der Waals surface area (Å²) in [5, 5.41) is 9.01. The number of hydrogen-bond donors (Lipinski definition) is 2. The van der Waals surface area contributed by atoms with Gasteiger partial charge in [0.25, 0.3) is 0 Å². The monoisotopic (exact) mass is 281 g/mol. The molecular weight excluding hydrogens is 262 g/mol. The number of benzene rings is 1. The highest BCUT2D eigenvalue weighted by atomic mass is 32.2. The number of nitrogens with one attached hydrogen (secondary N) is 1. The van der Waals surface area contributed by atoms with E-state index < -0.39 is 10.0 Å².